The Morgan fingerprint density at radius 1 is 1.25 bits per heavy atom. The number of nitrogens with zero attached hydrogens (tertiary/aromatic N) is 2. The molecule has 3 N–H and O–H groups in total. The molecule has 0 radical (unpaired) electrons. The Morgan fingerprint density at radius 3 is 2.80 bits per heavy atom. The summed E-state index contributed by atoms with van der Waals surface area (Å²) in [7, 11) is 0. The number of hydrogen-bond donors (Lipinski definition) is 3. The Kier molecular flexibility index (Phi) is 2.92. The van der Waals surface area contributed by atoms with Gasteiger partial charge in [-0.3, -0.25) is 14.8 Å². The lowest BCUT2D eigenvalue weighted by molar-refractivity contribution is 0.447. The molecule has 2 aromatic heterocycles. The van der Waals surface area contributed by atoms with Crippen LogP contribution in [-0.4, -0.2) is 26.3 Å². The van der Waals surface area contributed by atoms with E-state index in [1.54, 1.807) is 0 Å². The number of aromatic hydroxyl groups is 1. The zero-order valence-electron chi connectivity index (χ0n) is 9.95. The van der Waals surface area contributed by atoms with Crippen molar-refractivity contribution in [3.63, 3.8) is 0 Å². The molecule has 3 aromatic rings. The van der Waals surface area contributed by atoms with Gasteiger partial charge in [-0.25, -0.2) is 14.8 Å². The maximum absolute atomic E-state index is 11.5. The summed E-state index contributed by atoms with van der Waals surface area (Å²) in [5, 5.41) is 9.96. The summed E-state index contributed by atoms with van der Waals surface area (Å²) >= 11 is 1.36. The molecule has 2 heterocycles. The quantitative estimate of drug-likeness (QED) is 0.614. The second kappa shape index (κ2) is 4.74. The molecule has 0 atom stereocenters. The molecule has 0 aliphatic carbocycles. The SMILES string of the molecule is O=c1[nH]c(O)c(C=Nc2nc3ccccc3s2)c(=O)[nH]1. The lowest BCUT2D eigenvalue weighted by Crippen LogP contribution is -2.24. The number of hydrogen-bond acceptors (Lipinski definition) is 6. The summed E-state index contributed by atoms with van der Waals surface area (Å²) < 4.78 is 0.972. The third-order valence-electron chi connectivity index (χ3n) is 2.55. The first-order chi connectivity index (χ1) is 9.63. The minimum Gasteiger partial charge on any atom is -0.494 e. The van der Waals surface area contributed by atoms with Crippen molar-refractivity contribution in [2.24, 2.45) is 4.99 Å². The number of thiazole rings is 1. The van der Waals surface area contributed by atoms with E-state index < -0.39 is 17.1 Å². The highest BCUT2D eigenvalue weighted by molar-refractivity contribution is 7.22. The van der Waals surface area contributed by atoms with Gasteiger partial charge < -0.3 is 5.11 Å². The van der Waals surface area contributed by atoms with Crippen LogP contribution in [0.5, 0.6) is 5.88 Å². The molecule has 7 nitrogen and oxygen atoms in total. The van der Waals surface area contributed by atoms with Gasteiger partial charge in [0.15, 0.2) is 0 Å². The van der Waals surface area contributed by atoms with E-state index in [1.165, 1.54) is 17.6 Å². The van der Waals surface area contributed by atoms with Crippen LogP contribution >= 0.6 is 11.3 Å². The summed E-state index contributed by atoms with van der Waals surface area (Å²) in [5.41, 5.74) is -0.797. The minimum absolute atomic E-state index is 0.121. The molecule has 0 spiro atoms. The highest BCUT2D eigenvalue weighted by Crippen LogP contribution is 2.27. The Labute approximate surface area is 115 Å². The Bertz CT molecular complexity index is 889. The number of aromatic amines is 2. The Hall–Kier alpha value is -2.74. The number of aliphatic imine (C=N–C) groups is 1. The van der Waals surface area contributed by atoms with E-state index in [-0.39, 0.29) is 5.56 Å². The molecule has 100 valence electrons. The zero-order chi connectivity index (χ0) is 14.1. The fourth-order valence-electron chi connectivity index (χ4n) is 1.64. The van der Waals surface area contributed by atoms with Gasteiger partial charge in [0.25, 0.3) is 5.56 Å². The normalized spacial score (nSPS) is 11.4. The minimum atomic E-state index is -0.773. The lowest BCUT2D eigenvalue weighted by atomic mass is 10.3. The lowest BCUT2D eigenvalue weighted by Gasteiger charge is -1.94. The first-order valence-electron chi connectivity index (χ1n) is 5.59. The monoisotopic (exact) mass is 288 g/mol. The summed E-state index contributed by atoms with van der Waals surface area (Å²) in [5.74, 6) is -0.524. The third-order valence-corrected chi connectivity index (χ3v) is 3.49. The molecule has 1 aromatic carbocycles. The highest BCUT2D eigenvalue weighted by Gasteiger charge is 2.06. The number of fused-ring (bicyclic) bond motifs is 1. The van der Waals surface area contributed by atoms with Crippen LogP contribution in [0.3, 0.4) is 0 Å². The largest absolute Gasteiger partial charge is 0.494 e. The van der Waals surface area contributed by atoms with Crippen LogP contribution in [0.1, 0.15) is 5.56 Å². The molecule has 0 amide bonds. The van der Waals surface area contributed by atoms with E-state index in [2.05, 4.69) is 15.0 Å². The van der Waals surface area contributed by atoms with Gasteiger partial charge in [0.05, 0.1) is 10.2 Å². The molecule has 0 fully saturated rings. The summed E-state index contributed by atoms with van der Waals surface area (Å²) in [6.07, 6.45) is 1.17. The fourth-order valence-corrected chi connectivity index (χ4v) is 2.45. The molecule has 8 heteroatoms. The van der Waals surface area contributed by atoms with Crippen molar-refractivity contribution in [1.29, 1.82) is 0 Å². The number of rotatable bonds is 2. The van der Waals surface area contributed by atoms with Gasteiger partial charge in [0, 0.05) is 6.21 Å². The van der Waals surface area contributed by atoms with E-state index >= 15 is 0 Å². The fraction of sp³-hybridized carbons (Fsp3) is 0. The smallest absolute Gasteiger partial charge is 0.328 e. The van der Waals surface area contributed by atoms with Crippen molar-refractivity contribution in [3.8, 4) is 5.88 Å². The Morgan fingerprint density at radius 2 is 2.05 bits per heavy atom. The maximum atomic E-state index is 11.5. The molecule has 3 rings (SSSR count). The average Bonchev–Trinajstić information content (AvgIpc) is 2.80. The van der Waals surface area contributed by atoms with E-state index in [1.807, 2.05) is 29.2 Å². The van der Waals surface area contributed by atoms with Gasteiger partial charge in [-0.05, 0) is 12.1 Å². The number of para-hydroxylation sites is 1. The van der Waals surface area contributed by atoms with Crippen LogP contribution in [0, 0.1) is 0 Å². The van der Waals surface area contributed by atoms with Crippen LogP contribution in [0.15, 0.2) is 38.8 Å². The van der Waals surface area contributed by atoms with E-state index in [0.29, 0.717) is 5.13 Å². The van der Waals surface area contributed by atoms with Crippen LogP contribution in [-0.2, 0) is 0 Å². The molecule has 0 aliphatic rings. The zero-order valence-corrected chi connectivity index (χ0v) is 10.8. The molecule has 0 aliphatic heterocycles. The van der Waals surface area contributed by atoms with Crippen molar-refractivity contribution in [2.75, 3.05) is 0 Å². The van der Waals surface area contributed by atoms with Crippen molar-refractivity contribution in [3.05, 3.63) is 50.7 Å². The van der Waals surface area contributed by atoms with E-state index in [9.17, 15) is 14.7 Å². The van der Waals surface area contributed by atoms with Gasteiger partial charge in [-0.1, -0.05) is 23.5 Å². The first-order valence-corrected chi connectivity index (χ1v) is 6.40. The molecule has 0 saturated carbocycles. The second-order valence-electron chi connectivity index (χ2n) is 3.89. The Balaban J connectivity index is 2.02. The van der Waals surface area contributed by atoms with Crippen LogP contribution in [0.25, 0.3) is 10.2 Å². The van der Waals surface area contributed by atoms with Crippen molar-refractivity contribution in [2.45, 2.75) is 0 Å². The molecule has 0 saturated heterocycles. The molecule has 20 heavy (non-hydrogen) atoms. The van der Waals surface area contributed by atoms with Gasteiger partial charge in [0.2, 0.25) is 11.0 Å². The summed E-state index contributed by atoms with van der Waals surface area (Å²) in [6, 6.07) is 7.53. The number of H-pyrrole nitrogens is 2. The number of aromatic nitrogens is 3. The maximum Gasteiger partial charge on any atom is 0.328 e. The number of benzene rings is 1. The molecule has 0 unspecified atom stereocenters. The van der Waals surface area contributed by atoms with Gasteiger partial charge in [-0.15, -0.1) is 0 Å². The topological polar surface area (TPSA) is 111 Å². The first kappa shape index (κ1) is 12.3. The van der Waals surface area contributed by atoms with Gasteiger partial charge >= 0.3 is 5.69 Å². The molecular formula is C12H8N4O3S. The van der Waals surface area contributed by atoms with Crippen LogP contribution in [0.4, 0.5) is 5.13 Å². The predicted molar refractivity (Wildman–Crippen MR) is 76.2 cm³/mol. The van der Waals surface area contributed by atoms with E-state index in [0.717, 1.165) is 10.2 Å². The van der Waals surface area contributed by atoms with Crippen LogP contribution in [0.2, 0.25) is 0 Å². The van der Waals surface area contributed by atoms with Crippen molar-refractivity contribution < 1.29 is 5.11 Å². The standard InChI is InChI=1S/C12H8N4O3S/c17-9-6(10(18)16-11(19)15-9)5-13-12-14-7-3-1-2-4-8(7)20-12/h1-5H,(H3,15,16,17,18,19). The summed E-state index contributed by atoms with van der Waals surface area (Å²) in [6.45, 7) is 0. The van der Waals surface area contributed by atoms with Crippen LogP contribution < -0.4 is 11.2 Å². The number of nitrogens with one attached hydrogen (secondary N) is 2. The molecule has 0 bridgehead atoms. The van der Waals surface area contributed by atoms with Gasteiger partial charge in [-0.2, -0.15) is 0 Å². The average molecular weight is 288 g/mol. The van der Waals surface area contributed by atoms with Crippen molar-refractivity contribution >= 4 is 32.9 Å². The van der Waals surface area contributed by atoms with Crippen molar-refractivity contribution in [1.82, 2.24) is 15.0 Å². The van der Waals surface area contributed by atoms with E-state index in [4.69, 9.17) is 0 Å². The summed E-state index contributed by atoms with van der Waals surface area (Å²) in [4.78, 5) is 34.8. The second-order valence-corrected chi connectivity index (χ2v) is 4.90. The third kappa shape index (κ3) is 2.24. The van der Waals surface area contributed by atoms with Gasteiger partial charge in [0.1, 0.15) is 5.56 Å². The highest BCUT2D eigenvalue weighted by atomic mass is 32.1. The molecular weight excluding hydrogens is 280 g/mol. The predicted octanol–water partition coefficient (Wildman–Crippen LogP) is 1.13.